The number of ether oxygens (including phenoxy) is 2. The molecule has 0 saturated carbocycles. The lowest BCUT2D eigenvalue weighted by molar-refractivity contribution is 0.0981. The maximum absolute atomic E-state index is 5.88. The van der Waals surface area contributed by atoms with E-state index in [4.69, 9.17) is 30.2 Å². The summed E-state index contributed by atoms with van der Waals surface area (Å²) in [4.78, 5) is 23.4. The highest BCUT2D eigenvalue weighted by Crippen LogP contribution is 2.32. The number of hydrogen-bond donors (Lipinski definition) is 1. The van der Waals surface area contributed by atoms with E-state index in [0.29, 0.717) is 43.8 Å². The summed E-state index contributed by atoms with van der Waals surface area (Å²) in [5, 5.41) is 0.930. The Labute approximate surface area is 194 Å². The van der Waals surface area contributed by atoms with Crippen molar-refractivity contribution in [1.82, 2.24) is 19.9 Å². The van der Waals surface area contributed by atoms with E-state index in [2.05, 4.69) is 50.4 Å². The molecule has 0 amide bonds. The van der Waals surface area contributed by atoms with E-state index < -0.39 is 0 Å². The second kappa shape index (κ2) is 8.67. The minimum atomic E-state index is 0.194. The van der Waals surface area contributed by atoms with Crippen LogP contribution in [0.3, 0.4) is 0 Å². The second-order valence-electron chi connectivity index (χ2n) is 7.70. The van der Waals surface area contributed by atoms with Gasteiger partial charge in [-0.15, -0.1) is 0 Å². The molecule has 0 spiro atoms. The number of pyridine rings is 2. The summed E-state index contributed by atoms with van der Waals surface area (Å²) in [7, 11) is 0. The number of halogens is 1. The van der Waals surface area contributed by atoms with Crippen LogP contribution in [-0.4, -0.2) is 69.5 Å². The summed E-state index contributed by atoms with van der Waals surface area (Å²) in [6, 6.07) is 7.96. The summed E-state index contributed by atoms with van der Waals surface area (Å²) in [5.41, 5.74) is 8.27. The Morgan fingerprint density at radius 3 is 2.61 bits per heavy atom. The van der Waals surface area contributed by atoms with Crippen LogP contribution in [0.15, 0.2) is 30.5 Å². The van der Waals surface area contributed by atoms with Gasteiger partial charge >= 0.3 is 0 Å². The van der Waals surface area contributed by atoms with Crippen molar-refractivity contribution in [3.05, 3.63) is 30.5 Å². The lowest BCUT2D eigenvalue weighted by Gasteiger charge is -2.36. The predicted octanol–water partition coefficient (Wildman–Crippen LogP) is 2.49. The number of hydrogen-bond acceptors (Lipinski definition) is 9. The van der Waals surface area contributed by atoms with Crippen molar-refractivity contribution in [3.63, 3.8) is 0 Å². The van der Waals surface area contributed by atoms with Crippen molar-refractivity contribution in [2.24, 2.45) is 0 Å². The average molecular weight is 533 g/mol. The molecular formula is C21H24IN7O2. The summed E-state index contributed by atoms with van der Waals surface area (Å²) in [6.45, 7) is 6.33. The van der Waals surface area contributed by atoms with Gasteiger partial charge in [-0.05, 0) is 31.2 Å². The van der Waals surface area contributed by atoms with Gasteiger partial charge in [0.2, 0.25) is 5.95 Å². The van der Waals surface area contributed by atoms with Crippen LogP contribution < -0.4 is 15.5 Å². The fourth-order valence-corrected chi connectivity index (χ4v) is 4.73. The first-order chi connectivity index (χ1) is 15.1. The van der Waals surface area contributed by atoms with Gasteiger partial charge in [-0.3, -0.25) is 0 Å². The number of nitrogens with two attached hydrogens (primary N) is 1. The predicted molar refractivity (Wildman–Crippen MR) is 129 cm³/mol. The fourth-order valence-electron chi connectivity index (χ4n) is 3.94. The molecule has 9 nitrogen and oxygen atoms in total. The van der Waals surface area contributed by atoms with E-state index in [1.165, 1.54) is 0 Å². The third-order valence-electron chi connectivity index (χ3n) is 5.57. The molecule has 31 heavy (non-hydrogen) atoms. The Kier molecular flexibility index (Phi) is 5.76. The van der Waals surface area contributed by atoms with E-state index in [1.807, 2.05) is 18.2 Å². The molecule has 162 valence electrons. The number of nitrogens with zero attached hydrogens (tertiary/aromatic N) is 6. The summed E-state index contributed by atoms with van der Waals surface area (Å²) >= 11 is 2.41. The highest BCUT2D eigenvalue weighted by atomic mass is 127. The van der Waals surface area contributed by atoms with Gasteiger partial charge in [0.05, 0.1) is 43.5 Å². The van der Waals surface area contributed by atoms with Crippen molar-refractivity contribution >= 4 is 51.2 Å². The van der Waals surface area contributed by atoms with Gasteiger partial charge in [0.25, 0.3) is 0 Å². The molecule has 0 aliphatic carbocycles. The van der Waals surface area contributed by atoms with E-state index in [1.54, 1.807) is 6.20 Å². The van der Waals surface area contributed by atoms with E-state index >= 15 is 0 Å². The third-order valence-corrected chi connectivity index (χ3v) is 6.60. The van der Waals surface area contributed by atoms with Gasteiger partial charge in [-0.2, -0.15) is 9.97 Å². The van der Waals surface area contributed by atoms with Crippen molar-refractivity contribution in [2.75, 3.05) is 55.1 Å². The molecule has 10 heteroatoms. The maximum Gasteiger partial charge on any atom is 0.229 e. The van der Waals surface area contributed by atoms with Gasteiger partial charge in [0.15, 0.2) is 5.65 Å². The highest BCUT2D eigenvalue weighted by Gasteiger charge is 2.28. The molecule has 2 atom stereocenters. The van der Waals surface area contributed by atoms with E-state index in [-0.39, 0.29) is 10.1 Å². The largest absolute Gasteiger partial charge is 0.384 e. The molecule has 5 heterocycles. The van der Waals surface area contributed by atoms with Crippen LogP contribution >= 0.6 is 22.6 Å². The number of aromatic nitrogens is 4. The van der Waals surface area contributed by atoms with Crippen molar-refractivity contribution in [3.8, 4) is 11.3 Å². The fraction of sp³-hybridized carbons (Fsp3) is 0.429. The van der Waals surface area contributed by atoms with Crippen LogP contribution in [0.4, 0.5) is 17.6 Å². The molecule has 2 aliphatic rings. The SMILES string of the molecule is C[C@H]1COCCN1c1nc(N2CCOC[C@@H]2I)c2ccc(-c3ccnc(N)c3)nc2n1. The summed E-state index contributed by atoms with van der Waals surface area (Å²) < 4.78 is 11.5. The monoisotopic (exact) mass is 533 g/mol. The van der Waals surface area contributed by atoms with Crippen LogP contribution in [0.25, 0.3) is 22.3 Å². The van der Waals surface area contributed by atoms with Crippen LogP contribution in [0.1, 0.15) is 6.92 Å². The summed E-state index contributed by atoms with van der Waals surface area (Å²) in [6.07, 6.45) is 1.69. The van der Waals surface area contributed by atoms with Gasteiger partial charge < -0.3 is 25.0 Å². The Hall–Kier alpha value is -2.31. The quantitative estimate of drug-likeness (QED) is 0.309. The average Bonchev–Trinajstić information content (AvgIpc) is 2.79. The standard InChI is InChI=1S/C21H24IN7O2/c1-13-11-30-8-6-28(13)21-26-19-15(20(27-21)29-7-9-31-12-17(29)22)2-3-16(25-19)14-4-5-24-18(23)10-14/h2-5,10,13,17H,6-9,11-12H2,1H3,(H2,23,24)/t13-,17+/m0/s1. The van der Waals surface area contributed by atoms with Crippen LogP contribution in [0.2, 0.25) is 0 Å². The van der Waals surface area contributed by atoms with Crippen molar-refractivity contribution in [1.29, 1.82) is 0 Å². The zero-order valence-electron chi connectivity index (χ0n) is 17.2. The molecular weight excluding hydrogens is 509 g/mol. The smallest absolute Gasteiger partial charge is 0.229 e. The summed E-state index contributed by atoms with van der Waals surface area (Å²) in [5.74, 6) is 2.05. The lowest BCUT2D eigenvalue weighted by Crippen LogP contribution is -2.45. The molecule has 3 aromatic rings. The normalized spacial score (nSPS) is 22.1. The molecule has 2 N–H and O–H groups in total. The first-order valence-electron chi connectivity index (χ1n) is 10.3. The molecule has 0 aromatic carbocycles. The first-order valence-corrected chi connectivity index (χ1v) is 11.6. The zero-order valence-corrected chi connectivity index (χ0v) is 19.4. The minimum Gasteiger partial charge on any atom is -0.384 e. The number of anilines is 3. The Bertz CT molecular complexity index is 1100. The van der Waals surface area contributed by atoms with E-state index in [9.17, 15) is 0 Å². The zero-order chi connectivity index (χ0) is 21.4. The van der Waals surface area contributed by atoms with Crippen LogP contribution in [0.5, 0.6) is 0 Å². The molecule has 0 radical (unpaired) electrons. The second-order valence-corrected chi connectivity index (χ2v) is 9.14. The van der Waals surface area contributed by atoms with Crippen LogP contribution in [-0.2, 0) is 9.47 Å². The topological polar surface area (TPSA) is 103 Å². The molecule has 5 rings (SSSR count). The van der Waals surface area contributed by atoms with Gasteiger partial charge in [-0.25, -0.2) is 9.97 Å². The third kappa shape index (κ3) is 4.11. The van der Waals surface area contributed by atoms with Crippen molar-refractivity contribution < 1.29 is 9.47 Å². The Morgan fingerprint density at radius 2 is 1.84 bits per heavy atom. The molecule has 2 fully saturated rings. The maximum atomic E-state index is 5.88. The van der Waals surface area contributed by atoms with Crippen molar-refractivity contribution in [2.45, 2.75) is 17.0 Å². The number of nitrogen functional groups attached to an aromatic ring is 1. The molecule has 3 aromatic heterocycles. The minimum absolute atomic E-state index is 0.194. The Morgan fingerprint density at radius 1 is 1.03 bits per heavy atom. The number of rotatable bonds is 3. The Balaban J connectivity index is 1.66. The lowest BCUT2D eigenvalue weighted by atomic mass is 10.1. The first kappa shape index (κ1) is 20.6. The molecule has 2 aliphatic heterocycles. The number of fused-ring (bicyclic) bond motifs is 1. The molecule has 2 saturated heterocycles. The highest BCUT2D eigenvalue weighted by molar-refractivity contribution is 14.1. The molecule has 0 unspecified atom stereocenters. The van der Waals surface area contributed by atoms with Gasteiger partial charge in [0.1, 0.15) is 15.7 Å². The van der Waals surface area contributed by atoms with Crippen LogP contribution in [0, 0.1) is 0 Å². The number of morpholine rings is 2. The molecule has 0 bridgehead atoms. The number of alkyl halides is 1. The van der Waals surface area contributed by atoms with E-state index in [0.717, 1.165) is 35.6 Å². The van der Waals surface area contributed by atoms with Gasteiger partial charge in [0, 0.05) is 24.8 Å². The van der Waals surface area contributed by atoms with Gasteiger partial charge in [-0.1, -0.05) is 22.6 Å².